The first kappa shape index (κ1) is 15.6. The normalized spacial score (nSPS) is 15.3. The second-order valence-corrected chi connectivity index (χ2v) is 7.54. The molecular weight excluding hydrogens is 316 g/mol. The highest BCUT2D eigenvalue weighted by Crippen LogP contribution is 2.24. The van der Waals surface area contributed by atoms with E-state index in [4.69, 9.17) is 0 Å². The number of thiophene rings is 1. The number of aromatic nitrogens is 3. The summed E-state index contributed by atoms with van der Waals surface area (Å²) < 4.78 is 0. The largest absolute Gasteiger partial charge is 0.355 e. The summed E-state index contributed by atoms with van der Waals surface area (Å²) in [5, 5.41) is 13.0. The van der Waals surface area contributed by atoms with Gasteiger partial charge in [-0.1, -0.05) is 30.7 Å². The summed E-state index contributed by atoms with van der Waals surface area (Å²) in [6.45, 7) is 0.675. The molecule has 118 valence electrons. The van der Waals surface area contributed by atoms with Crippen LogP contribution in [0.15, 0.2) is 22.7 Å². The fraction of sp³-hybridized carbons (Fsp3) is 0.533. The third-order valence-electron chi connectivity index (χ3n) is 3.79. The van der Waals surface area contributed by atoms with Crippen LogP contribution in [0, 0.1) is 5.92 Å². The molecule has 5 nitrogen and oxygen atoms in total. The summed E-state index contributed by atoms with van der Waals surface area (Å²) in [6.07, 6.45) is 5.27. The SMILES string of the molecule is O=C(NCCSc1n[nH]c(Cc2cccs2)n1)C1CCCC1. The lowest BCUT2D eigenvalue weighted by molar-refractivity contribution is -0.124. The Morgan fingerprint density at radius 1 is 1.45 bits per heavy atom. The highest BCUT2D eigenvalue weighted by atomic mass is 32.2. The number of thioether (sulfide) groups is 1. The number of nitrogens with zero attached hydrogens (tertiary/aromatic N) is 2. The van der Waals surface area contributed by atoms with Crippen LogP contribution in [0.4, 0.5) is 0 Å². The minimum atomic E-state index is 0.214. The number of H-pyrrole nitrogens is 1. The van der Waals surface area contributed by atoms with E-state index in [0.717, 1.165) is 36.0 Å². The second kappa shape index (κ2) is 7.78. The Morgan fingerprint density at radius 2 is 2.32 bits per heavy atom. The third-order valence-corrected chi connectivity index (χ3v) is 5.52. The van der Waals surface area contributed by atoms with Crippen molar-refractivity contribution in [1.82, 2.24) is 20.5 Å². The lowest BCUT2D eigenvalue weighted by atomic mass is 10.1. The summed E-state index contributed by atoms with van der Waals surface area (Å²) in [7, 11) is 0. The Morgan fingerprint density at radius 3 is 3.09 bits per heavy atom. The van der Waals surface area contributed by atoms with Crippen molar-refractivity contribution in [3.05, 3.63) is 28.2 Å². The van der Waals surface area contributed by atoms with Gasteiger partial charge in [0, 0.05) is 29.5 Å². The molecular formula is C15H20N4OS2. The Labute approximate surface area is 138 Å². The summed E-state index contributed by atoms with van der Waals surface area (Å²) >= 11 is 3.30. The predicted octanol–water partition coefficient (Wildman–Crippen LogP) is 2.86. The molecule has 1 aliphatic rings. The Kier molecular flexibility index (Phi) is 5.50. The first-order valence-corrected chi connectivity index (χ1v) is 9.52. The van der Waals surface area contributed by atoms with Gasteiger partial charge in [-0.15, -0.1) is 16.4 Å². The Bertz CT molecular complexity index is 590. The van der Waals surface area contributed by atoms with Gasteiger partial charge < -0.3 is 5.32 Å². The van der Waals surface area contributed by atoms with Crippen LogP contribution < -0.4 is 5.32 Å². The van der Waals surface area contributed by atoms with Crippen molar-refractivity contribution >= 4 is 29.0 Å². The number of hydrogen-bond acceptors (Lipinski definition) is 5. The molecule has 0 bridgehead atoms. The molecule has 0 aliphatic heterocycles. The van der Waals surface area contributed by atoms with Gasteiger partial charge in [0.15, 0.2) is 0 Å². The molecule has 0 unspecified atom stereocenters. The second-order valence-electron chi connectivity index (χ2n) is 5.44. The van der Waals surface area contributed by atoms with Gasteiger partial charge in [-0.2, -0.15) is 0 Å². The van der Waals surface area contributed by atoms with E-state index >= 15 is 0 Å². The lowest BCUT2D eigenvalue weighted by Gasteiger charge is -2.09. The van der Waals surface area contributed by atoms with Gasteiger partial charge in [0.05, 0.1) is 0 Å². The number of aromatic amines is 1. The molecule has 0 spiro atoms. The molecule has 22 heavy (non-hydrogen) atoms. The first-order valence-electron chi connectivity index (χ1n) is 7.65. The maximum Gasteiger partial charge on any atom is 0.223 e. The van der Waals surface area contributed by atoms with Crippen LogP contribution in [-0.2, 0) is 11.2 Å². The smallest absolute Gasteiger partial charge is 0.223 e. The summed E-state index contributed by atoms with van der Waals surface area (Å²) in [4.78, 5) is 17.6. The number of rotatable bonds is 7. The minimum Gasteiger partial charge on any atom is -0.355 e. The number of amides is 1. The molecule has 2 N–H and O–H groups in total. The molecule has 2 aromatic heterocycles. The van der Waals surface area contributed by atoms with Crippen LogP contribution in [0.2, 0.25) is 0 Å². The summed E-state index contributed by atoms with van der Waals surface area (Å²) in [5.74, 6) is 2.15. The molecule has 2 heterocycles. The average Bonchev–Trinajstić information content (AvgIpc) is 3.26. The fourth-order valence-electron chi connectivity index (χ4n) is 2.65. The topological polar surface area (TPSA) is 70.7 Å². The van der Waals surface area contributed by atoms with Crippen molar-refractivity contribution in [3.63, 3.8) is 0 Å². The van der Waals surface area contributed by atoms with Crippen molar-refractivity contribution < 1.29 is 4.79 Å². The van der Waals surface area contributed by atoms with E-state index < -0.39 is 0 Å². The van der Waals surface area contributed by atoms with Crippen molar-refractivity contribution in [3.8, 4) is 0 Å². The van der Waals surface area contributed by atoms with E-state index in [1.54, 1.807) is 23.1 Å². The highest BCUT2D eigenvalue weighted by molar-refractivity contribution is 7.99. The molecule has 1 amide bonds. The van der Waals surface area contributed by atoms with Crippen LogP contribution in [0.1, 0.15) is 36.4 Å². The van der Waals surface area contributed by atoms with Crippen molar-refractivity contribution in [1.29, 1.82) is 0 Å². The van der Waals surface area contributed by atoms with Gasteiger partial charge >= 0.3 is 0 Å². The predicted molar refractivity (Wildman–Crippen MR) is 89.2 cm³/mol. The molecule has 7 heteroatoms. The van der Waals surface area contributed by atoms with Gasteiger partial charge in [0.1, 0.15) is 5.82 Å². The van der Waals surface area contributed by atoms with Crippen LogP contribution in [0.5, 0.6) is 0 Å². The van der Waals surface area contributed by atoms with Crippen LogP contribution in [0.3, 0.4) is 0 Å². The first-order chi connectivity index (χ1) is 10.8. The van der Waals surface area contributed by atoms with Gasteiger partial charge in [-0.25, -0.2) is 4.98 Å². The summed E-state index contributed by atoms with van der Waals surface area (Å²) in [6, 6.07) is 4.14. The molecule has 3 rings (SSSR count). The summed E-state index contributed by atoms with van der Waals surface area (Å²) in [5.41, 5.74) is 0. The molecule has 1 saturated carbocycles. The van der Waals surface area contributed by atoms with E-state index in [2.05, 4.69) is 31.9 Å². The fourth-order valence-corrected chi connectivity index (χ4v) is 4.03. The van der Waals surface area contributed by atoms with E-state index in [1.165, 1.54) is 17.7 Å². The van der Waals surface area contributed by atoms with Crippen LogP contribution in [-0.4, -0.2) is 33.4 Å². The van der Waals surface area contributed by atoms with E-state index in [9.17, 15) is 4.79 Å². The standard InChI is InChI=1S/C15H20N4OS2/c20-14(11-4-1-2-5-11)16-7-9-22-15-17-13(18-19-15)10-12-6-3-8-21-12/h3,6,8,11H,1-2,4-5,7,9-10H2,(H,16,20)(H,17,18,19). The zero-order valence-electron chi connectivity index (χ0n) is 12.4. The maximum atomic E-state index is 11.9. The molecule has 2 aromatic rings. The van der Waals surface area contributed by atoms with Crippen molar-refractivity contribution in [2.45, 2.75) is 37.3 Å². The van der Waals surface area contributed by atoms with Gasteiger partial charge in [0.25, 0.3) is 0 Å². The van der Waals surface area contributed by atoms with Gasteiger partial charge in [0.2, 0.25) is 11.1 Å². The monoisotopic (exact) mass is 336 g/mol. The molecule has 0 radical (unpaired) electrons. The lowest BCUT2D eigenvalue weighted by Crippen LogP contribution is -2.31. The van der Waals surface area contributed by atoms with Crippen LogP contribution in [0.25, 0.3) is 0 Å². The molecule has 0 saturated heterocycles. The van der Waals surface area contributed by atoms with Crippen LogP contribution >= 0.6 is 23.1 Å². The van der Waals surface area contributed by atoms with Gasteiger partial charge in [-0.05, 0) is 24.3 Å². The number of hydrogen-bond donors (Lipinski definition) is 2. The number of carbonyl (C=O) groups is 1. The molecule has 0 atom stereocenters. The number of carbonyl (C=O) groups excluding carboxylic acids is 1. The Balaban J connectivity index is 1.37. The zero-order chi connectivity index (χ0) is 15.2. The van der Waals surface area contributed by atoms with Crippen molar-refractivity contribution in [2.24, 2.45) is 5.92 Å². The highest BCUT2D eigenvalue weighted by Gasteiger charge is 2.21. The number of nitrogens with one attached hydrogen (secondary N) is 2. The zero-order valence-corrected chi connectivity index (χ0v) is 14.0. The van der Waals surface area contributed by atoms with Crippen molar-refractivity contribution in [2.75, 3.05) is 12.3 Å². The quantitative estimate of drug-likeness (QED) is 0.602. The Hall–Kier alpha value is -1.34. The minimum absolute atomic E-state index is 0.214. The average molecular weight is 336 g/mol. The van der Waals surface area contributed by atoms with E-state index in [1.807, 2.05) is 6.07 Å². The van der Waals surface area contributed by atoms with E-state index in [0.29, 0.717) is 6.54 Å². The third kappa shape index (κ3) is 4.33. The molecule has 1 aliphatic carbocycles. The van der Waals surface area contributed by atoms with Gasteiger partial charge in [-0.3, -0.25) is 9.89 Å². The molecule has 1 fully saturated rings. The maximum absolute atomic E-state index is 11.9. The van der Waals surface area contributed by atoms with E-state index in [-0.39, 0.29) is 11.8 Å². The molecule has 0 aromatic carbocycles.